The number of anilines is 1. The molecule has 1 aromatic carbocycles. The standard InChI is InChI=1S/C15H19N3O/c1-4-10(2)19-13-7-5-12(6-8-13)14-9-17-15(16)11(3)18-14/h5-10H,4H2,1-3H3,(H2,16,17). The molecule has 0 saturated carbocycles. The van der Waals surface area contributed by atoms with E-state index in [1.165, 1.54) is 0 Å². The van der Waals surface area contributed by atoms with Crippen molar-refractivity contribution >= 4 is 5.82 Å². The van der Waals surface area contributed by atoms with Gasteiger partial charge in [-0.15, -0.1) is 0 Å². The number of nitrogen functional groups attached to an aromatic ring is 1. The van der Waals surface area contributed by atoms with Gasteiger partial charge in [0.2, 0.25) is 0 Å². The van der Waals surface area contributed by atoms with Crippen LogP contribution in [0.4, 0.5) is 5.82 Å². The SMILES string of the molecule is CCC(C)Oc1ccc(-c2cnc(N)c(C)n2)cc1. The third-order valence-corrected chi connectivity index (χ3v) is 3.05. The molecule has 4 nitrogen and oxygen atoms in total. The molecule has 0 fully saturated rings. The lowest BCUT2D eigenvalue weighted by atomic mass is 10.1. The lowest BCUT2D eigenvalue weighted by Crippen LogP contribution is -2.09. The molecule has 2 aromatic rings. The molecule has 100 valence electrons. The summed E-state index contributed by atoms with van der Waals surface area (Å²) >= 11 is 0. The van der Waals surface area contributed by atoms with Crippen molar-refractivity contribution in [2.45, 2.75) is 33.3 Å². The highest BCUT2D eigenvalue weighted by atomic mass is 16.5. The number of rotatable bonds is 4. The van der Waals surface area contributed by atoms with Crippen LogP contribution in [0.15, 0.2) is 30.5 Å². The first-order chi connectivity index (χ1) is 9.10. The molecular weight excluding hydrogens is 238 g/mol. The van der Waals surface area contributed by atoms with Crippen molar-refractivity contribution in [3.05, 3.63) is 36.2 Å². The van der Waals surface area contributed by atoms with Gasteiger partial charge in [0.25, 0.3) is 0 Å². The zero-order chi connectivity index (χ0) is 13.8. The first-order valence-electron chi connectivity index (χ1n) is 6.46. The van der Waals surface area contributed by atoms with Crippen LogP contribution in [0.2, 0.25) is 0 Å². The molecule has 1 aromatic heterocycles. The van der Waals surface area contributed by atoms with Crippen LogP contribution in [-0.4, -0.2) is 16.1 Å². The molecular formula is C15H19N3O. The van der Waals surface area contributed by atoms with Crippen molar-refractivity contribution in [3.63, 3.8) is 0 Å². The summed E-state index contributed by atoms with van der Waals surface area (Å²) in [7, 11) is 0. The van der Waals surface area contributed by atoms with Gasteiger partial charge >= 0.3 is 0 Å². The molecule has 1 heterocycles. The third kappa shape index (κ3) is 3.22. The van der Waals surface area contributed by atoms with E-state index in [0.717, 1.165) is 29.1 Å². The number of nitrogens with two attached hydrogens (primary N) is 1. The van der Waals surface area contributed by atoms with Gasteiger partial charge in [-0.1, -0.05) is 6.92 Å². The van der Waals surface area contributed by atoms with E-state index < -0.39 is 0 Å². The van der Waals surface area contributed by atoms with E-state index in [2.05, 4.69) is 23.8 Å². The summed E-state index contributed by atoms with van der Waals surface area (Å²) in [5.41, 5.74) is 8.24. The smallest absolute Gasteiger partial charge is 0.144 e. The number of aromatic nitrogens is 2. The normalized spacial score (nSPS) is 12.2. The van der Waals surface area contributed by atoms with Crippen LogP contribution in [0.5, 0.6) is 5.75 Å². The second-order valence-electron chi connectivity index (χ2n) is 4.59. The molecule has 0 saturated heterocycles. The van der Waals surface area contributed by atoms with Gasteiger partial charge in [0.15, 0.2) is 0 Å². The first kappa shape index (κ1) is 13.3. The zero-order valence-corrected chi connectivity index (χ0v) is 11.6. The highest BCUT2D eigenvalue weighted by Crippen LogP contribution is 2.22. The molecule has 19 heavy (non-hydrogen) atoms. The Morgan fingerprint density at radius 3 is 2.53 bits per heavy atom. The summed E-state index contributed by atoms with van der Waals surface area (Å²) in [5, 5.41) is 0. The Morgan fingerprint density at radius 1 is 1.26 bits per heavy atom. The summed E-state index contributed by atoms with van der Waals surface area (Å²) in [6, 6.07) is 7.87. The second kappa shape index (κ2) is 5.69. The van der Waals surface area contributed by atoms with E-state index >= 15 is 0 Å². The molecule has 0 aliphatic carbocycles. The Balaban J connectivity index is 2.20. The first-order valence-corrected chi connectivity index (χ1v) is 6.46. The molecule has 2 N–H and O–H groups in total. The van der Waals surface area contributed by atoms with Gasteiger partial charge in [-0.25, -0.2) is 9.97 Å². The van der Waals surface area contributed by atoms with Crippen LogP contribution < -0.4 is 10.5 Å². The number of aryl methyl sites for hydroxylation is 1. The highest BCUT2D eigenvalue weighted by molar-refractivity contribution is 5.60. The molecule has 0 aliphatic heterocycles. The number of ether oxygens (including phenoxy) is 1. The van der Waals surface area contributed by atoms with Crippen LogP contribution in [0.3, 0.4) is 0 Å². The summed E-state index contributed by atoms with van der Waals surface area (Å²) in [4.78, 5) is 8.54. The summed E-state index contributed by atoms with van der Waals surface area (Å²) in [6.45, 7) is 6.01. The minimum absolute atomic E-state index is 0.226. The Labute approximate surface area is 113 Å². The lowest BCUT2D eigenvalue weighted by molar-refractivity contribution is 0.217. The van der Waals surface area contributed by atoms with Crippen LogP contribution in [-0.2, 0) is 0 Å². The van der Waals surface area contributed by atoms with Gasteiger partial charge in [-0.05, 0) is 44.5 Å². The van der Waals surface area contributed by atoms with Gasteiger partial charge in [0.1, 0.15) is 11.6 Å². The molecule has 0 spiro atoms. The van der Waals surface area contributed by atoms with E-state index in [1.54, 1.807) is 6.20 Å². The number of hydrogen-bond acceptors (Lipinski definition) is 4. The van der Waals surface area contributed by atoms with Crippen LogP contribution in [0, 0.1) is 6.92 Å². The van der Waals surface area contributed by atoms with Gasteiger partial charge in [0, 0.05) is 5.56 Å². The monoisotopic (exact) mass is 257 g/mol. The largest absolute Gasteiger partial charge is 0.491 e. The Bertz CT molecular complexity index is 552. The maximum atomic E-state index is 5.74. The number of hydrogen-bond donors (Lipinski definition) is 1. The maximum Gasteiger partial charge on any atom is 0.144 e. The van der Waals surface area contributed by atoms with Crippen LogP contribution in [0.1, 0.15) is 26.0 Å². The fourth-order valence-corrected chi connectivity index (χ4v) is 1.65. The van der Waals surface area contributed by atoms with Crippen LogP contribution >= 0.6 is 0 Å². The Kier molecular flexibility index (Phi) is 4.00. The van der Waals surface area contributed by atoms with Crippen molar-refractivity contribution in [3.8, 4) is 17.0 Å². The zero-order valence-electron chi connectivity index (χ0n) is 11.6. The molecule has 4 heteroatoms. The van der Waals surface area contributed by atoms with Gasteiger partial charge < -0.3 is 10.5 Å². The fraction of sp³-hybridized carbons (Fsp3) is 0.333. The van der Waals surface area contributed by atoms with Crippen molar-refractivity contribution in [1.29, 1.82) is 0 Å². The summed E-state index contributed by atoms with van der Waals surface area (Å²) in [6.07, 6.45) is 2.90. The summed E-state index contributed by atoms with van der Waals surface area (Å²) in [5.74, 6) is 1.35. The molecule has 0 amide bonds. The minimum Gasteiger partial charge on any atom is -0.491 e. The topological polar surface area (TPSA) is 61.0 Å². The lowest BCUT2D eigenvalue weighted by Gasteiger charge is -2.12. The highest BCUT2D eigenvalue weighted by Gasteiger charge is 2.05. The number of benzene rings is 1. The molecule has 2 rings (SSSR count). The predicted octanol–water partition coefficient (Wildman–Crippen LogP) is 3.21. The van der Waals surface area contributed by atoms with Crippen molar-refractivity contribution in [2.75, 3.05) is 5.73 Å². The third-order valence-electron chi connectivity index (χ3n) is 3.05. The van der Waals surface area contributed by atoms with E-state index in [0.29, 0.717) is 5.82 Å². The van der Waals surface area contributed by atoms with Crippen molar-refractivity contribution in [2.24, 2.45) is 0 Å². The van der Waals surface area contributed by atoms with Gasteiger partial charge in [-0.3, -0.25) is 0 Å². The van der Waals surface area contributed by atoms with Gasteiger partial charge in [-0.2, -0.15) is 0 Å². The Hall–Kier alpha value is -2.10. The molecule has 1 atom stereocenters. The average molecular weight is 257 g/mol. The number of nitrogens with zero attached hydrogens (tertiary/aromatic N) is 2. The van der Waals surface area contributed by atoms with E-state index in [9.17, 15) is 0 Å². The van der Waals surface area contributed by atoms with Crippen LogP contribution in [0.25, 0.3) is 11.3 Å². The quantitative estimate of drug-likeness (QED) is 0.913. The fourth-order valence-electron chi connectivity index (χ4n) is 1.65. The van der Waals surface area contributed by atoms with Crippen molar-refractivity contribution < 1.29 is 4.74 Å². The molecule has 0 radical (unpaired) electrons. The van der Waals surface area contributed by atoms with E-state index in [4.69, 9.17) is 10.5 Å². The molecule has 1 unspecified atom stereocenters. The molecule has 0 aliphatic rings. The maximum absolute atomic E-state index is 5.74. The Morgan fingerprint density at radius 2 is 1.95 bits per heavy atom. The van der Waals surface area contributed by atoms with E-state index in [1.807, 2.05) is 31.2 Å². The summed E-state index contributed by atoms with van der Waals surface area (Å²) < 4.78 is 5.74. The predicted molar refractivity (Wildman–Crippen MR) is 77.0 cm³/mol. The minimum atomic E-state index is 0.226. The van der Waals surface area contributed by atoms with E-state index in [-0.39, 0.29) is 6.10 Å². The second-order valence-corrected chi connectivity index (χ2v) is 4.59. The average Bonchev–Trinajstić information content (AvgIpc) is 2.42. The van der Waals surface area contributed by atoms with Crippen molar-refractivity contribution in [1.82, 2.24) is 9.97 Å². The molecule has 0 bridgehead atoms. The van der Waals surface area contributed by atoms with Gasteiger partial charge in [0.05, 0.1) is 23.7 Å².